The van der Waals surface area contributed by atoms with Crippen LogP contribution in [0.4, 0.5) is 0 Å². The maximum atomic E-state index is 12.8. The molecule has 1 aliphatic heterocycles. The summed E-state index contributed by atoms with van der Waals surface area (Å²) >= 11 is 0. The molecule has 1 aliphatic rings. The number of rotatable bonds is 6. The van der Waals surface area contributed by atoms with E-state index in [0.717, 1.165) is 24.1 Å². The first-order valence-corrected chi connectivity index (χ1v) is 8.90. The van der Waals surface area contributed by atoms with E-state index in [0.29, 0.717) is 13.1 Å². The molecule has 0 bridgehead atoms. The molecule has 0 spiro atoms. The Kier molecular flexibility index (Phi) is 9.93. The molecule has 1 fully saturated rings. The number of aromatic nitrogens is 1. The number of hydrogen-bond donors (Lipinski definition) is 2. The largest absolute Gasteiger partial charge is 0.358 e. The molecule has 1 aromatic heterocycles. The Bertz CT molecular complexity index is 746. The second-order valence-corrected chi connectivity index (χ2v) is 6.36. The highest BCUT2D eigenvalue weighted by Gasteiger charge is 2.38. The van der Waals surface area contributed by atoms with Gasteiger partial charge in [0.05, 0.1) is 18.3 Å². The number of pyridine rings is 1. The van der Waals surface area contributed by atoms with E-state index in [2.05, 4.69) is 15.6 Å². The van der Waals surface area contributed by atoms with Crippen LogP contribution in [0.5, 0.6) is 0 Å². The van der Waals surface area contributed by atoms with Crippen LogP contribution in [0.25, 0.3) is 0 Å². The summed E-state index contributed by atoms with van der Waals surface area (Å²) < 4.78 is 0. The number of likely N-dealkylation sites (N-methyl/N-ethyl adjacent to an activating group) is 1. The number of carbonyl (C=O) groups is 2. The highest BCUT2D eigenvalue weighted by atomic mass is 35.5. The van der Waals surface area contributed by atoms with Crippen molar-refractivity contribution in [2.45, 2.75) is 31.5 Å². The van der Waals surface area contributed by atoms with E-state index in [-0.39, 0.29) is 42.7 Å². The van der Waals surface area contributed by atoms with Crippen LogP contribution in [0.2, 0.25) is 0 Å². The standard InChI is InChI=1S/C20H24N4O2.2ClH/c1-21-20(26)18(15-8-3-2-4-9-15)24-13-7-11-17(24)19(25)23-14-16-10-5-6-12-22-16;;/h2-6,8-10,12,17-18H,7,11,13-14H2,1H3,(H,21,26)(H,23,25);2*1H/t17-,18+;;/m0../s1. The van der Waals surface area contributed by atoms with Crippen LogP contribution in [0.3, 0.4) is 0 Å². The molecule has 3 rings (SSSR count). The molecule has 1 aromatic carbocycles. The summed E-state index contributed by atoms with van der Waals surface area (Å²) in [6.07, 6.45) is 3.34. The third-order valence-corrected chi connectivity index (χ3v) is 4.71. The lowest BCUT2D eigenvalue weighted by atomic mass is 10.0. The number of amides is 2. The van der Waals surface area contributed by atoms with Gasteiger partial charge in [-0.05, 0) is 30.5 Å². The average molecular weight is 425 g/mol. The molecule has 1 saturated heterocycles. The van der Waals surface area contributed by atoms with E-state index in [9.17, 15) is 9.59 Å². The van der Waals surface area contributed by atoms with Gasteiger partial charge in [-0.1, -0.05) is 36.4 Å². The highest BCUT2D eigenvalue weighted by molar-refractivity contribution is 5.86. The Morgan fingerprint density at radius 2 is 1.86 bits per heavy atom. The minimum atomic E-state index is -0.464. The second kappa shape index (κ2) is 11.6. The fourth-order valence-electron chi connectivity index (χ4n) is 3.44. The zero-order chi connectivity index (χ0) is 18.4. The molecule has 0 aliphatic carbocycles. The summed E-state index contributed by atoms with van der Waals surface area (Å²) in [4.78, 5) is 31.5. The van der Waals surface area contributed by atoms with Crippen molar-refractivity contribution in [2.75, 3.05) is 13.6 Å². The van der Waals surface area contributed by atoms with Crippen LogP contribution in [0.1, 0.15) is 30.1 Å². The molecule has 0 unspecified atom stereocenters. The van der Waals surface area contributed by atoms with E-state index >= 15 is 0 Å². The molecular formula is C20H26Cl2N4O2. The van der Waals surface area contributed by atoms with Gasteiger partial charge in [0.1, 0.15) is 6.04 Å². The van der Waals surface area contributed by atoms with Crippen molar-refractivity contribution in [3.63, 3.8) is 0 Å². The van der Waals surface area contributed by atoms with Crippen LogP contribution >= 0.6 is 24.8 Å². The van der Waals surface area contributed by atoms with Gasteiger partial charge in [-0.3, -0.25) is 19.5 Å². The molecule has 6 nitrogen and oxygen atoms in total. The van der Waals surface area contributed by atoms with Gasteiger partial charge in [-0.15, -0.1) is 24.8 Å². The Labute approximate surface area is 177 Å². The van der Waals surface area contributed by atoms with E-state index < -0.39 is 6.04 Å². The van der Waals surface area contributed by atoms with Gasteiger partial charge < -0.3 is 10.6 Å². The molecule has 8 heteroatoms. The molecule has 2 atom stereocenters. The maximum absolute atomic E-state index is 12.8. The molecule has 0 radical (unpaired) electrons. The first-order valence-electron chi connectivity index (χ1n) is 8.90. The summed E-state index contributed by atoms with van der Waals surface area (Å²) in [6, 6.07) is 14.5. The van der Waals surface area contributed by atoms with Crippen LogP contribution in [0.15, 0.2) is 54.7 Å². The van der Waals surface area contributed by atoms with Crippen molar-refractivity contribution in [1.29, 1.82) is 0 Å². The zero-order valence-corrected chi connectivity index (χ0v) is 17.3. The lowest BCUT2D eigenvalue weighted by Gasteiger charge is -2.31. The van der Waals surface area contributed by atoms with Crippen LogP contribution in [0, 0.1) is 0 Å². The van der Waals surface area contributed by atoms with Crippen molar-refractivity contribution >= 4 is 36.6 Å². The predicted molar refractivity (Wildman–Crippen MR) is 114 cm³/mol. The number of nitrogens with one attached hydrogen (secondary N) is 2. The fourth-order valence-corrected chi connectivity index (χ4v) is 3.44. The summed E-state index contributed by atoms with van der Waals surface area (Å²) in [5.74, 6) is -0.154. The van der Waals surface area contributed by atoms with E-state index in [1.54, 1.807) is 13.2 Å². The van der Waals surface area contributed by atoms with Gasteiger partial charge in [0.2, 0.25) is 11.8 Å². The molecule has 0 saturated carbocycles. The summed E-state index contributed by atoms with van der Waals surface area (Å²) in [5.41, 5.74) is 1.72. The Morgan fingerprint density at radius 3 is 2.50 bits per heavy atom. The lowest BCUT2D eigenvalue weighted by molar-refractivity contribution is -0.131. The fraction of sp³-hybridized carbons (Fsp3) is 0.350. The lowest BCUT2D eigenvalue weighted by Crippen LogP contribution is -2.48. The van der Waals surface area contributed by atoms with Crippen molar-refractivity contribution < 1.29 is 9.59 Å². The van der Waals surface area contributed by atoms with Crippen LogP contribution in [-0.2, 0) is 16.1 Å². The monoisotopic (exact) mass is 424 g/mol. The number of likely N-dealkylation sites (tertiary alicyclic amines) is 1. The Balaban J connectivity index is 0.00000196. The van der Waals surface area contributed by atoms with Crippen LogP contribution < -0.4 is 10.6 Å². The summed E-state index contributed by atoms with van der Waals surface area (Å²) in [5, 5.41) is 5.69. The third-order valence-electron chi connectivity index (χ3n) is 4.71. The van der Waals surface area contributed by atoms with E-state index in [1.165, 1.54) is 0 Å². The summed E-state index contributed by atoms with van der Waals surface area (Å²) in [6.45, 7) is 1.11. The summed E-state index contributed by atoms with van der Waals surface area (Å²) in [7, 11) is 1.63. The van der Waals surface area contributed by atoms with E-state index in [1.807, 2.05) is 53.4 Å². The SMILES string of the molecule is CNC(=O)[C@@H](c1ccccc1)N1CCC[C@H]1C(=O)NCc1ccccn1.Cl.Cl. The van der Waals surface area contributed by atoms with Gasteiger partial charge in [-0.25, -0.2) is 0 Å². The highest BCUT2D eigenvalue weighted by Crippen LogP contribution is 2.30. The van der Waals surface area contributed by atoms with Gasteiger partial charge in [0, 0.05) is 19.8 Å². The average Bonchev–Trinajstić information content (AvgIpc) is 3.17. The number of benzene rings is 1. The van der Waals surface area contributed by atoms with Gasteiger partial charge in [0.15, 0.2) is 0 Å². The Morgan fingerprint density at radius 1 is 1.14 bits per heavy atom. The first kappa shape index (κ1) is 23.9. The molecule has 152 valence electrons. The number of halogens is 2. The number of nitrogens with zero attached hydrogens (tertiary/aromatic N) is 2. The maximum Gasteiger partial charge on any atom is 0.241 e. The number of carbonyl (C=O) groups excluding carboxylic acids is 2. The quantitative estimate of drug-likeness (QED) is 0.746. The minimum Gasteiger partial charge on any atom is -0.358 e. The minimum absolute atomic E-state index is 0. The normalized spacial score (nSPS) is 17.0. The first-order chi connectivity index (χ1) is 12.7. The molecule has 2 aromatic rings. The second-order valence-electron chi connectivity index (χ2n) is 6.36. The van der Waals surface area contributed by atoms with Crippen molar-refractivity contribution in [3.8, 4) is 0 Å². The topological polar surface area (TPSA) is 74.3 Å². The third kappa shape index (κ3) is 5.67. The van der Waals surface area contributed by atoms with Gasteiger partial charge in [-0.2, -0.15) is 0 Å². The van der Waals surface area contributed by atoms with Crippen molar-refractivity contribution in [1.82, 2.24) is 20.5 Å². The molecule has 28 heavy (non-hydrogen) atoms. The Hall–Kier alpha value is -2.15. The van der Waals surface area contributed by atoms with Gasteiger partial charge in [0.25, 0.3) is 0 Å². The molecule has 2 amide bonds. The van der Waals surface area contributed by atoms with Crippen molar-refractivity contribution in [3.05, 3.63) is 66.0 Å². The van der Waals surface area contributed by atoms with E-state index in [4.69, 9.17) is 0 Å². The smallest absolute Gasteiger partial charge is 0.241 e. The molecule has 2 N–H and O–H groups in total. The van der Waals surface area contributed by atoms with Gasteiger partial charge >= 0.3 is 0 Å². The van der Waals surface area contributed by atoms with Crippen LogP contribution in [-0.4, -0.2) is 41.3 Å². The van der Waals surface area contributed by atoms with Crippen molar-refractivity contribution in [2.24, 2.45) is 0 Å². The number of hydrogen-bond acceptors (Lipinski definition) is 4. The zero-order valence-electron chi connectivity index (χ0n) is 15.7. The molecule has 2 heterocycles. The predicted octanol–water partition coefficient (Wildman–Crippen LogP) is 2.49. The molecular weight excluding hydrogens is 399 g/mol.